The molecule has 114 valence electrons. The molecule has 0 aliphatic carbocycles. The molecular weight excluding hydrogens is 320 g/mol. The molecule has 2 rings (SSSR count). The van der Waals surface area contributed by atoms with E-state index in [9.17, 15) is 18.5 Å². The third-order valence-corrected chi connectivity index (χ3v) is 5.94. The fraction of sp³-hybridized carbons (Fsp3) is 0.200. The summed E-state index contributed by atoms with van der Waals surface area (Å²) in [6, 6.07) is 8.34. The fourth-order valence-electron chi connectivity index (χ4n) is 1.95. The van der Waals surface area contributed by atoms with E-state index in [4.69, 9.17) is 0 Å². The number of benzene rings is 1. The summed E-state index contributed by atoms with van der Waals surface area (Å²) in [5, 5.41) is 9.38. The minimum atomic E-state index is -3.79. The molecule has 0 atom stereocenters. The molecular formula is C15H14N2O3S2. The highest BCUT2D eigenvalue weighted by atomic mass is 32.2. The van der Waals surface area contributed by atoms with E-state index in [2.05, 4.69) is 4.72 Å². The monoisotopic (exact) mass is 334 g/mol. The van der Waals surface area contributed by atoms with Gasteiger partial charge >= 0.3 is 0 Å². The van der Waals surface area contributed by atoms with Crippen LogP contribution in [0.2, 0.25) is 0 Å². The average Bonchev–Trinajstić information content (AvgIpc) is 2.74. The number of carbonyl (C=O) groups is 1. The van der Waals surface area contributed by atoms with E-state index in [1.807, 2.05) is 13.0 Å². The maximum atomic E-state index is 12.4. The Morgan fingerprint density at radius 3 is 2.32 bits per heavy atom. The van der Waals surface area contributed by atoms with E-state index in [0.717, 1.165) is 16.9 Å². The lowest BCUT2D eigenvalue weighted by Gasteiger charge is -2.06. The first-order chi connectivity index (χ1) is 10.3. The van der Waals surface area contributed by atoms with E-state index in [1.165, 1.54) is 19.1 Å². The second-order valence-electron chi connectivity index (χ2n) is 4.85. The lowest BCUT2D eigenvalue weighted by Crippen LogP contribution is -2.12. The molecule has 2 aromatic rings. The predicted molar refractivity (Wildman–Crippen MR) is 85.8 cm³/mol. The van der Waals surface area contributed by atoms with Gasteiger partial charge in [0.25, 0.3) is 10.0 Å². The van der Waals surface area contributed by atoms with Gasteiger partial charge in [-0.2, -0.15) is 5.26 Å². The Morgan fingerprint density at radius 2 is 1.82 bits per heavy atom. The molecule has 0 aliphatic heterocycles. The molecule has 0 bridgehead atoms. The van der Waals surface area contributed by atoms with Gasteiger partial charge in [-0.15, -0.1) is 11.3 Å². The molecule has 5 nitrogen and oxygen atoms in total. The molecule has 0 amide bonds. The number of rotatable bonds is 4. The van der Waals surface area contributed by atoms with E-state index < -0.39 is 10.0 Å². The normalized spacial score (nSPS) is 11.0. The minimum Gasteiger partial charge on any atom is -0.294 e. The number of hydrogen-bond donors (Lipinski definition) is 1. The van der Waals surface area contributed by atoms with Gasteiger partial charge in [0.2, 0.25) is 0 Å². The van der Waals surface area contributed by atoms with Crippen molar-refractivity contribution in [3.63, 3.8) is 0 Å². The Bertz CT molecular complexity index is 873. The van der Waals surface area contributed by atoms with Crippen LogP contribution in [-0.4, -0.2) is 14.2 Å². The highest BCUT2D eigenvalue weighted by molar-refractivity contribution is 7.93. The van der Waals surface area contributed by atoms with Crippen molar-refractivity contribution >= 4 is 32.1 Å². The Balaban J connectivity index is 2.46. The van der Waals surface area contributed by atoms with Crippen LogP contribution in [-0.2, 0) is 10.0 Å². The molecule has 0 fully saturated rings. The van der Waals surface area contributed by atoms with Crippen LogP contribution in [0.3, 0.4) is 0 Å². The van der Waals surface area contributed by atoms with E-state index in [1.54, 1.807) is 19.1 Å². The van der Waals surface area contributed by atoms with Crippen molar-refractivity contribution < 1.29 is 13.2 Å². The van der Waals surface area contributed by atoms with Crippen LogP contribution in [0.1, 0.15) is 33.3 Å². The smallest absolute Gasteiger partial charge is 0.262 e. The largest absolute Gasteiger partial charge is 0.294 e. The highest BCUT2D eigenvalue weighted by Gasteiger charge is 2.22. The highest BCUT2D eigenvalue weighted by Crippen LogP contribution is 2.34. The number of thiophene rings is 1. The summed E-state index contributed by atoms with van der Waals surface area (Å²) in [4.78, 5) is 12.0. The summed E-state index contributed by atoms with van der Waals surface area (Å²) in [6.07, 6.45) is 0. The van der Waals surface area contributed by atoms with Crippen LogP contribution in [0.5, 0.6) is 0 Å². The summed E-state index contributed by atoms with van der Waals surface area (Å²) in [5.74, 6) is -0.195. The van der Waals surface area contributed by atoms with E-state index in [0.29, 0.717) is 10.4 Å². The number of aryl methyl sites for hydroxylation is 1. The zero-order valence-corrected chi connectivity index (χ0v) is 13.9. The molecule has 0 unspecified atom stereocenters. The molecule has 1 heterocycles. The molecule has 1 aromatic carbocycles. The SMILES string of the molecule is CC(=O)c1sc(NS(=O)(=O)c2ccc(C)cc2)c(C#N)c1C. The third-order valence-electron chi connectivity index (χ3n) is 3.14. The van der Waals surface area contributed by atoms with E-state index >= 15 is 0 Å². The molecule has 0 saturated heterocycles. The molecule has 0 saturated carbocycles. The number of Topliss-reactive ketones (excluding diaryl/α,β-unsaturated/α-hetero) is 1. The first kappa shape index (κ1) is 16.2. The fourth-order valence-corrected chi connectivity index (χ4v) is 4.31. The van der Waals surface area contributed by atoms with Gasteiger partial charge < -0.3 is 0 Å². The Hall–Kier alpha value is -2.17. The molecule has 0 spiro atoms. The van der Waals surface area contributed by atoms with Gasteiger partial charge in [-0.05, 0) is 38.5 Å². The number of nitriles is 1. The van der Waals surface area contributed by atoms with Gasteiger partial charge in [0.05, 0.1) is 15.3 Å². The van der Waals surface area contributed by atoms with Crippen LogP contribution in [0.4, 0.5) is 5.00 Å². The second-order valence-corrected chi connectivity index (χ2v) is 7.55. The Morgan fingerprint density at radius 1 is 1.23 bits per heavy atom. The first-order valence-electron chi connectivity index (χ1n) is 6.40. The number of carbonyl (C=O) groups excluding carboxylic acids is 1. The summed E-state index contributed by atoms with van der Waals surface area (Å²) in [6.45, 7) is 4.88. The molecule has 1 aromatic heterocycles. The van der Waals surface area contributed by atoms with E-state index in [-0.39, 0.29) is 21.2 Å². The van der Waals surface area contributed by atoms with Gasteiger partial charge in [0.1, 0.15) is 11.1 Å². The number of hydrogen-bond acceptors (Lipinski definition) is 5. The predicted octanol–water partition coefficient (Wildman–Crippen LogP) is 3.24. The number of sulfonamides is 1. The molecule has 0 radical (unpaired) electrons. The van der Waals surface area contributed by atoms with Crippen molar-refractivity contribution in [3.8, 4) is 6.07 Å². The van der Waals surface area contributed by atoms with Gasteiger partial charge in [0, 0.05) is 0 Å². The zero-order chi connectivity index (χ0) is 16.5. The van der Waals surface area contributed by atoms with Gasteiger partial charge in [-0.1, -0.05) is 17.7 Å². The topological polar surface area (TPSA) is 87.0 Å². The van der Waals surface area contributed by atoms with Crippen molar-refractivity contribution in [2.24, 2.45) is 0 Å². The lowest BCUT2D eigenvalue weighted by molar-refractivity contribution is 0.102. The van der Waals surface area contributed by atoms with Crippen molar-refractivity contribution in [1.29, 1.82) is 5.26 Å². The maximum Gasteiger partial charge on any atom is 0.262 e. The van der Waals surface area contributed by atoms with Gasteiger partial charge in [-0.25, -0.2) is 8.42 Å². The summed E-state index contributed by atoms with van der Waals surface area (Å²) in [7, 11) is -3.79. The zero-order valence-electron chi connectivity index (χ0n) is 12.3. The summed E-state index contributed by atoms with van der Waals surface area (Å²) < 4.78 is 27.2. The molecule has 0 aliphatic rings. The van der Waals surface area contributed by atoms with Crippen LogP contribution in [0.15, 0.2) is 29.2 Å². The number of ketones is 1. The molecule has 7 heteroatoms. The molecule has 22 heavy (non-hydrogen) atoms. The average molecular weight is 334 g/mol. The van der Waals surface area contributed by atoms with Crippen molar-refractivity contribution in [1.82, 2.24) is 0 Å². The van der Waals surface area contributed by atoms with Crippen LogP contribution in [0.25, 0.3) is 0 Å². The third kappa shape index (κ3) is 3.03. The Labute approximate surface area is 133 Å². The van der Waals surface area contributed by atoms with Crippen molar-refractivity contribution in [3.05, 3.63) is 45.8 Å². The quantitative estimate of drug-likeness (QED) is 0.870. The van der Waals surface area contributed by atoms with Gasteiger partial charge in [0.15, 0.2) is 5.78 Å². The number of nitrogens with one attached hydrogen (secondary N) is 1. The first-order valence-corrected chi connectivity index (χ1v) is 8.70. The van der Waals surface area contributed by atoms with Crippen LogP contribution < -0.4 is 4.72 Å². The van der Waals surface area contributed by atoms with Crippen molar-refractivity contribution in [2.45, 2.75) is 25.7 Å². The van der Waals surface area contributed by atoms with Crippen LogP contribution >= 0.6 is 11.3 Å². The van der Waals surface area contributed by atoms with Crippen LogP contribution in [0, 0.1) is 25.2 Å². The van der Waals surface area contributed by atoms with Gasteiger partial charge in [-0.3, -0.25) is 9.52 Å². The number of nitrogens with zero attached hydrogens (tertiary/aromatic N) is 1. The summed E-state index contributed by atoms with van der Waals surface area (Å²) >= 11 is 0.981. The Kier molecular flexibility index (Phi) is 4.35. The second kappa shape index (κ2) is 5.91. The lowest BCUT2D eigenvalue weighted by atomic mass is 10.1. The summed E-state index contributed by atoms with van der Waals surface area (Å²) in [5.41, 5.74) is 1.63. The minimum absolute atomic E-state index is 0.109. The molecule has 1 N–H and O–H groups in total. The maximum absolute atomic E-state index is 12.4. The van der Waals surface area contributed by atoms with Crippen molar-refractivity contribution in [2.75, 3.05) is 4.72 Å². The standard InChI is InChI=1S/C15H14N2O3S2/c1-9-4-6-12(7-5-9)22(19,20)17-15-13(8-16)10(2)14(21-15)11(3)18/h4-7,17H,1-3H3. The number of anilines is 1.